The highest BCUT2D eigenvalue weighted by atomic mass is 16.4. The fourth-order valence-corrected chi connectivity index (χ4v) is 2.54. The minimum Gasteiger partial charge on any atom is -0.481 e. The number of rotatable bonds is 8. The first-order valence-electron chi connectivity index (χ1n) is 7.95. The minimum atomic E-state index is -0.863. The van der Waals surface area contributed by atoms with Crippen LogP contribution >= 0.6 is 0 Å². The molecule has 0 aromatic heterocycles. The predicted octanol–water partition coefficient (Wildman–Crippen LogP) is 3.16. The molecule has 22 heavy (non-hydrogen) atoms. The topological polar surface area (TPSA) is 71.4 Å². The van der Waals surface area contributed by atoms with Crippen molar-refractivity contribution < 1.29 is 19.5 Å². The normalized spacial score (nSPS) is 20.9. The first kappa shape index (κ1) is 18.2. The summed E-state index contributed by atoms with van der Waals surface area (Å²) in [4.78, 5) is 33.9. The Morgan fingerprint density at radius 3 is 2.77 bits per heavy atom. The third-order valence-electron chi connectivity index (χ3n) is 3.87. The number of carboxylic acids is 1. The monoisotopic (exact) mass is 304 g/mol. The van der Waals surface area contributed by atoms with Crippen LogP contribution in [0, 0.1) is 23.7 Å². The van der Waals surface area contributed by atoms with Crippen LogP contribution in [0.4, 0.5) is 0 Å². The van der Waals surface area contributed by atoms with Crippen LogP contribution in [0.25, 0.3) is 0 Å². The second-order valence-corrected chi connectivity index (χ2v) is 5.66. The minimum absolute atomic E-state index is 0.0286. The lowest BCUT2D eigenvalue weighted by molar-refractivity contribution is -0.136. The number of allylic oxidation sites excluding steroid dienone is 2. The van der Waals surface area contributed by atoms with E-state index in [4.69, 9.17) is 5.11 Å². The molecule has 2 unspecified atom stereocenters. The van der Waals surface area contributed by atoms with Crippen LogP contribution in [0.15, 0.2) is 12.2 Å². The molecule has 1 aliphatic rings. The van der Waals surface area contributed by atoms with E-state index in [9.17, 15) is 14.4 Å². The highest BCUT2D eigenvalue weighted by Crippen LogP contribution is 2.32. The van der Waals surface area contributed by atoms with Gasteiger partial charge in [0.25, 0.3) is 0 Å². The Bertz CT molecular complexity index is 493. The van der Waals surface area contributed by atoms with Gasteiger partial charge in [-0.2, -0.15) is 0 Å². The zero-order chi connectivity index (χ0) is 16.4. The van der Waals surface area contributed by atoms with Crippen molar-refractivity contribution in [1.29, 1.82) is 0 Å². The lowest BCUT2D eigenvalue weighted by Crippen LogP contribution is -2.12. The van der Waals surface area contributed by atoms with Gasteiger partial charge in [0, 0.05) is 31.6 Å². The Balaban J connectivity index is 2.49. The van der Waals surface area contributed by atoms with E-state index in [-0.39, 0.29) is 29.8 Å². The van der Waals surface area contributed by atoms with Gasteiger partial charge in [-0.25, -0.2) is 0 Å². The van der Waals surface area contributed by atoms with Crippen LogP contribution in [0.3, 0.4) is 0 Å². The van der Waals surface area contributed by atoms with E-state index >= 15 is 0 Å². The van der Waals surface area contributed by atoms with Gasteiger partial charge in [0.05, 0.1) is 6.42 Å². The Morgan fingerprint density at radius 1 is 1.32 bits per heavy atom. The third kappa shape index (κ3) is 6.71. The quantitative estimate of drug-likeness (QED) is 0.552. The summed E-state index contributed by atoms with van der Waals surface area (Å²) < 4.78 is 0. The molecule has 0 heterocycles. The number of aliphatic carboxylic acids is 1. The van der Waals surface area contributed by atoms with Crippen LogP contribution in [0.2, 0.25) is 0 Å². The van der Waals surface area contributed by atoms with Crippen molar-refractivity contribution in [1.82, 2.24) is 0 Å². The molecule has 1 N–H and O–H groups in total. The molecule has 4 nitrogen and oxygen atoms in total. The van der Waals surface area contributed by atoms with E-state index in [1.165, 1.54) is 0 Å². The summed E-state index contributed by atoms with van der Waals surface area (Å²) in [6.45, 7) is 2.05. The first-order chi connectivity index (χ1) is 10.5. The number of ketones is 2. The van der Waals surface area contributed by atoms with Gasteiger partial charge in [-0.05, 0) is 24.8 Å². The van der Waals surface area contributed by atoms with Gasteiger partial charge in [0.2, 0.25) is 0 Å². The maximum atomic E-state index is 11.9. The van der Waals surface area contributed by atoms with Crippen molar-refractivity contribution in [3.05, 3.63) is 12.2 Å². The molecule has 0 aromatic carbocycles. The van der Waals surface area contributed by atoms with E-state index in [0.29, 0.717) is 25.7 Å². The van der Waals surface area contributed by atoms with Gasteiger partial charge < -0.3 is 5.11 Å². The van der Waals surface area contributed by atoms with Crippen molar-refractivity contribution in [2.24, 2.45) is 11.8 Å². The fourth-order valence-electron chi connectivity index (χ4n) is 2.54. The SMILES string of the molecule is CCCCC(=O)/C=C/C1CCC(=O)C1CC#CCCC(=O)O. The molecule has 0 spiro atoms. The van der Waals surface area contributed by atoms with E-state index in [1.807, 2.05) is 13.0 Å². The number of carbonyl (C=O) groups is 3. The van der Waals surface area contributed by atoms with Crippen molar-refractivity contribution >= 4 is 17.5 Å². The smallest absolute Gasteiger partial charge is 0.304 e. The predicted molar refractivity (Wildman–Crippen MR) is 84.2 cm³/mol. The second-order valence-electron chi connectivity index (χ2n) is 5.66. The molecule has 120 valence electrons. The molecule has 2 atom stereocenters. The lowest BCUT2D eigenvalue weighted by Gasteiger charge is -2.11. The molecule has 1 aliphatic carbocycles. The van der Waals surface area contributed by atoms with E-state index in [1.54, 1.807) is 6.08 Å². The average Bonchev–Trinajstić information content (AvgIpc) is 2.83. The summed E-state index contributed by atoms with van der Waals surface area (Å²) in [6, 6.07) is 0. The van der Waals surface area contributed by atoms with Gasteiger partial charge >= 0.3 is 5.97 Å². The second kappa shape index (κ2) is 9.94. The molecular formula is C18H24O4. The molecular weight excluding hydrogens is 280 g/mol. The maximum absolute atomic E-state index is 11.9. The van der Waals surface area contributed by atoms with Crippen molar-refractivity contribution in [2.75, 3.05) is 0 Å². The summed E-state index contributed by atoms with van der Waals surface area (Å²) >= 11 is 0. The summed E-state index contributed by atoms with van der Waals surface area (Å²) in [5.41, 5.74) is 0. The van der Waals surface area contributed by atoms with Gasteiger partial charge in [-0.1, -0.05) is 19.4 Å². The van der Waals surface area contributed by atoms with Gasteiger partial charge in [-0.15, -0.1) is 11.8 Å². The van der Waals surface area contributed by atoms with Gasteiger partial charge in [0.15, 0.2) is 5.78 Å². The van der Waals surface area contributed by atoms with Crippen LogP contribution in [0.5, 0.6) is 0 Å². The number of carboxylic acid groups (broad SMARTS) is 1. The summed E-state index contributed by atoms with van der Waals surface area (Å²) in [5.74, 6) is 5.11. The first-order valence-corrected chi connectivity index (χ1v) is 7.95. The fraction of sp³-hybridized carbons (Fsp3) is 0.611. The number of hydrogen-bond acceptors (Lipinski definition) is 3. The molecule has 0 aliphatic heterocycles. The van der Waals surface area contributed by atoms with Crippen molar-refractivity contribution in [3.63, 3.8) is 0 Å². The zero-order valence-electron chi connectivity index (χ0n) is 13.1. The molecule has 1 fully saturated rings. The molecule has 1 saturated carbocycles. The van der Waals surface area contributed by atoms with Crippen molar-refractivity contribution in [2.45, 2.75) is 58.3 Å². The van der Waals surface area contributed by atoms with Crippen LogP contribution in [-0.4, -0.2) is 22.6 Å². The van der Waals surface area contributed by atoms with E-state index < -0.39 is 5.97 Å². The number of Topliss-reactive ketones (excluding diaryl/α,β-unsaturated/α-hetero) is 1. The third-order valence-corrected chi connectivity index (χ3v) is 3.87. The Hall–Kier alpha value is -1.89. The van der Waals surface area contributed by atoms with Crippen LogP contribution in [-0.2, 0) is 14.4 Å². The maximum Gasteiger partial charge on any atom is 0.304 e. The van der Waals surface area contributed by atoms with Crippen molar-refractivity contribution in [3.8, 4) is 11.8 Å². The Morgan fingerprint density at radius 2 is 2.09 bits per heavy atom. The molecule has 1 rings (SSSR count). The van der Waals surface area contributed by atoms with Gasteiger partial charge in [-0.3, -0.25) is 14.4 Å². The number of unbranched alkanes of at least 4 members (excludes halogenated alkanes) is 1. The Labute approximate surface area is 132 Å². The standard InChI is InChI=1S/C18H24O4/c1-2-3-7-15(19)12-10-14-11-13-17(20)16(14)8-5-4-6-9-18(21)22/h10,12,14,16H,2-3,6-9,11,13H2,1H3,(H,21,22)/b12-10+. The number of carbonyl (C=O) groups excluding carboxylic acids is 2. The molecule has 0 aromatic rings. The summed E-state index contributed by atoms with van der Waals surface area (Å²) in [7, 11) is 0. The molecule has 0 bridgehead atoms. The van der Waals surface area contributed by atoms with Crippen LogP contribution < -0.4 is 0 Å². The summed E-state index contributed by atoms with van der Waals surface area (Å²) in [5, 5.41) is 8.53. The molecule has 0 radical (unpaired) electrons. The Kier molecular flexibility index (Phi) is 8.21. The highest BCUT2D eigenvalue weighted by Gasteiger charge is 2.32. The van der Waals surface area contributed by atoms with E-state index in [0.717, 1.165) is 19.3 Å². The number of hydrogen-bond donors (Lipinski definition) is 1. The molecule has 0 amide bonds. The summed E-state index contributed by atoms with van der Waals surface area (Å²) in [6.07, 6.45) is 8.05. The van der Waals surface area contributed by atoms with Crippen LogP contribution in [0.1, 0.15) is 58.3 Å². The highest BCUT2D eigenvalue weighted by molar-refractivity contribution is 5.90. The van der Waals surface area contributed by atoms with E-state index in [2.05, 4.69) is 11.8 Å². The molecule has 4 heteroatoms. The largest absolute Gasteiger partial charge is 0.481 e. The molecule has 0 saturated heterocycles. The van der Waals surface area contributed by atoms with Gasteiger partial charge in [0.1, 0.15) is 5.78 Å². The average molecular weight is 304 g/mol. The zero-order valence-corrected chi connectivity index (χ0v) is 13.1. The lowest BCUT2D eigenvalue weighted by atomic mass is 9.91.